The van der Waals surface area contributed by atoms with Crippen LogP contribution < -0.4 is 0 Å². The van der Waals surface area contributed by atoms with Gasteiger partial charge in [-0.25, -0.2) is 0 Å². The van der Waals surface area contributed by atoms with E-state index in [-0.39, 0.29) is 29.2 Å². The lowest BCUT2D eigenvalue weighted by atomic mass is 9.88. The molecule has 1 N–H and O–H groups in total. The molecule has 9 heteroatoms. The molecule has 100 valence electrons. The normalized spacial score (nSPS) is 14.5. The first-order valence-corrected chi connectivity index (χ1v) is 6.19. The average molecular weight is 303 g/mol. The average Bonchev–Trinajstić information content (AvgIpc) is 2.31. The van der Waals surface area contributed by atoms with Crippen molar-refractivity contribution in [1.82, 2.24) is 0 Å². The smallest absolute Gasteiger partial charge is 0.347 e. The predicted molar refractivity (Wildman–Crippen MR) is 65.4 cm³/mol. The summed E-state index contributed by atoms with van der Waals surface area (Å²) < 4.78 is 31.2. The number of carbonyl (C=O) groups is 2. The fourth-order valence-electron chi connectivity index (χ4n) is 1.78. The van der Waals surface area contributed by atoms with Gasteiger partial charge in [0.15, 0.2) is 5.78 Å². The van der Waals surface area contributed by atoms with Gasteiger partial charge < -0.3 is 5.53 Å². The van der Waals surface area contributed by atoms with Crippen molar-refractivity contribution >= 4 is 39.8 Å². The maximum absolute atomic E-state index is 11.8. The minimum Gasteiger partial charge on any atom is -0.361 e. The SMILES string of the molecule is Cl.[N-]=[N+]=C1CC(=O)c2c(cccc2S(=O)(=O)O)C1=O. The summed E-state index contributed by atoms with van der Waals surface area (Å²) in [6, 6.07) is 3.47. The minimum atomic E-state index is -4.60. The molecule has 0 spiro atoms. The van der Waals surface area contributed by atoms with Crippen LogP contribution in [0.15, 0.2) is 23.1 Å². The van der Waals surface area contributed by atoms with Gasteiger partial charge in [0.1, 0.15) is 11.3 Å². The molecule has 1 aliphatic rings. The first-order valence-electron chi connectivity index (χ1n) is 4.75. The highest BCUT2D eigenvalue weighted by Crippen LogP contribution is 2.26. The minimum absolute atomic E-state index is 0. The Bertz CT molecular complexity index is 734. The molecule has 1 aromatic rings. The van der Waals surface area contributed by atoms with Crippen molar-refractivity contribution in [3.05, 3.63) is 34.9 Å². The van der Waals surface area contributed by atoms with E-state index < -0.39 is 33.0 Å². The number of Topliss-reactive ketones (excluding diaryl/α,β-unsaturated/α-hetero) is 2. The van der Waals surface area contributed by atoms with Crippen molar-refractivity contribution in [2.75, 3.05) is 0 Å². The zero-order chi connectivity index (χ0) is 13.5. The van der Waals surface area contributed by atoms with Crippen molar-refractivity contribution in [3.63, 3.8) is 0 Å². The van der Waals surface area contributed by atoms with Gasteiger partial charge >= 0.3 is 5.71 Å². The van der Waals surface area contributed by atoms with Crippen LogP contribution in [0.25, 0.3) is 5.53 Å². The summed E-state index contributed by atoms with van der Waals surface area (Å²) in [4.78, 5) is 25.6. The standard InChI is InChI=1S/C10H6N2O5S.ClH/c11-12-6-4-7(13)9-5(10(6)14)2-1-3-8(9)18(15,16)17;/h1-3H,4H2,(H,15,16,17);1H. The Hall–Kier alpha value is -1.86. The fourth-order valence-corrected chi connectivity index (χ4v) is 2.51. The predicted octanol–water partition coefficient (Wildman–Crippen LogP) is 0.795. The van der Waals surface area contributed by atoms with Gasteiger partial charge in [-0.1, -0.05) is 6.07 Å². The zero-order valence-corrected chi connectivity index (χ0v) is 10.9. The molecular weight excluding hydrogens is 296 g/mol. The third kappa shape index (κ3) is 2.47. The third-order valence-corrected chi connectivity index (χ3v) is 3.43. The lowest BCUT2D eigenvalue weighted by molar-refractivity contribution is -0.00892. The lowest BCUT2D eigenvalue weighted by Gasteiger charge is -2.13. The summed E-state index contributed by atoms with van der Waals surface area (Å²) in [5.74, 6) is -1.44. The van der Waals surface area contributed by atoms with Crippen LogP contribution in [0, 0.1) is 0 Å². The Balaban J connectivity index is 0.00000180. The number of hydrogen-bond donors (Lipinski definition) is 1. The van der Waals surface area contributed by atoms with Gasteiger partial charge in [-0.15, -0.1) is 12.4 Å². The van der Waals surface area contributed by atoms with Gasteiger partial charge in [-0.2, -0.15) is 13.2 Å². The van der Waals surface area contributed by atoms with Gasteiger partial charge in [-0.05, 0) is 12.1 Å². The van der Waals surface area contributed by atoms with E-state index in [1.807, 2.05) is 0 Å². The van der Waals surface area contributed by atoms with Crippen molar-refractivity contribution in [2.24, 2.45) is 0 Å². The molecule has 0 bridgehead atoms. The monoisotopic (exact) mass is 302 g/mol. The Kier molecular flexibility index (Phi) is 4.02. The van der Waals surface area contributed by atoms with Crippen LogP contribution in [0.3, 0.4) is 0 Å². The summed E-state index contributed by atoms with van der Waals surface area (Å²) in [5, 5.41) is 0. The van der Waals surface area contributed by atoms with E-state index in [0.717, 1.165) is 6.07 Å². The largest absolute Gasteiger partial charge is 0.361 e. The molecule has 0 heterocycles. The van der Waals surface area contributed by atoms with Crippen molar-refractivity contribution in [3.8, 4) is 0 Å². The Labute approximate surface area is 114 Å². The molecule has 0 amide bonds. The zero-order valence-electron chi connectivity index (χ0n) is 9.23. The molecule has 1 aromatic carbocycles. The summed E-state index contributed by atoms with van der Waals surface area (Å²) in [5.41, 5.74) is 7.66. The summed E-state index contributed by atoms with van der Waals surface area (Å²) >= 11 is 0. The van der Waals surface area contributed by atoms with Crippen LogP contribution in [0.2, 0.25) is 0 Å². The number of carbonyl (C=O) groups excluding carboxylic acids is 2. The quantitative estimate of drug-likeness (QED) is 0.466. The Morgan fingerprint density at radius 1 is 1.26 bits per heavy atom. The molecule has 0 saturated heterocycles. The number of ketones is 2. The van der Waals surface area contributed by atoms with Crippen LogP contribution in [0.1, 0.15) is 27.1 Å². The highest BCUT2D eigenvalue weighted by molar-refractivity contribution is 7.86. The van der Waals surface area contributed by atoms with Gasteiger partial charge in [0.2, 0.25) is 0 Å². The van der Waals surface area contributed by atoms with Crippen LogP contribution in [-0.4, -0.2) is 35.0 Å². The molecule has 0 aromatic heterocycles. The summed E-state index contributed by atoms with van der Waals surface area (Å²) in [6.45, 7) is 0. The summed E-state index contributed by atoms with van der Waals surface area (Å²) in [6.07, 6.45) is -0.505. The third-order valence-electron chi connectivity index (χ3n) is 2.54. The van der Waals surface area contributed by atoms with Gasteiger partial charge in [-0.3, -0.25) is 14.1 Å². The van der Waals surface area contributed by atoms with E-state index in [1.54, 1.807) is 0 Å². The number of rotatable bonds is 1. The highest BCUT2D eigenvalue weighted by atomic mass is 35.5. The van der Waals surface area contributed by atoms with Crippen molar-refractivity contribution in [1.29, 1.82) is 0 Å². The maximum atomic E-state index is 11.8. The van der Waals surface area contributed by atoms with Crippen LogP contribution in [-0.2, 0) is 10.1 Å². The number of benzene rings is 1. The van der Waals surface area contributed by atoms with Gasteiger partial charge in [0, 0.05) is 5.56 Å². The van der Waals surface area contributed by atoms with Crippen LogP contribution in [0.5, 0.6) is 0 Å². The molecule has 0 atom stereocenters. The molecule has 19 heavy (non-hydrogen) atoms. The fraction of sp³-hybridized carbons (Fsp3) is 0.100. The second-order valence-electron chi connectivity index (χ2n) is 3.63. The van der Waals surface area contributed by atoms with E-state index in [2.05, 4.69) is 4.79 Å². The molecule has 7 nitrogen and oxygen atoms in total. The number of nitrogens with zero attached hydrogens (tertiary/aromatic N) is 2. The molecule has 0 aliphatic heterocycles. The molecule has 0 fully saturated rings. The Morgan fingerprint density at radius 3 is 2.42 bits per heavy atom. The van der Waals surface area contributed by atoms with E-state index in [1.165, 1.54) is 12.1 Å². The topological polar surface area (TPSA) is 125 Å². The molecule has 0 unspecified atom stereocenters. The molecule has 2 rings (SSSR count). The Morgan fingerprint density at radius 2 is 1.89 bits per heavy atom. The number of hydrogen-bond acceptors (Lipinski definition) is 4. The van der Waals surface area contributed by atoms with Crippen molar-refractivity contribution < 1.29 is 27.3 Å². The molecular formula is C10H7ClN2O5S. The first kappa shape index (κ1) is 15.2. The second kappa shape index (κ2) is 5.02. The molecule has 1 aliphatic carbocycles. The van der Waals surface area contributed by atoms with E-state index >= 15 is 0 Å². The highest BCUT2D eigenvalue weighted by Gasteiger charge is 2.38. The number of halogens is 1. The van der Waals surface area contributed by atoms with Crippen LogP contribution >= 0.6 is 12.4 Å². The molecule has 0 saturated carbocycles. The molecule has 0 radical (unpaired) electrons. The first-order chi connectivity index (χ1) is 8.36. The van der Waals surface area contributed by atoms with E-state index in [4.69, 9.17) is 10.1 Å². The van der Waals surface area contributed by atoms with Gasteiger partial charge in [0.05, 0.1) is 5.56 Å². The summed E-state index contributed by atoms with van der Waals surface area (Å²) in [7, 11) is -4.60. The van der Waals surface area contributed by atoms with Crippen LogP contribution in [0.4, 0.5) is 0 Å². The van der Waals surface area contributed by atoms with E-state index in [9.17, 15) is 18.0 Å². The lowest BCUT2D eigenvalue weighted by Crippen LogP contribution is -2.29. The van der Waals surface area contributed by atoms with Crippen molar-refractivity contribution in [2.45, 2.75) is 11.3 Å². The van der Waals surface area contributed by atoms with E-state index in [0.29, 0.717) is 0 Å². The second-order valence-corrected chi connectivity index (χ2v) is 5.02. The van der Waals surface area contributed by atoms with Gasteiger partial charge in [0.25, 0.3) is 15.9 Å². The maximum Gasteiger partial charge on any atom is 0.347 e. The number of fused-ring (bicyclic) bond motifs is 1.